The van der Waals surface area contributed by atoms with E-state index in [0.717, 1.165) is 12.8 Å². The Balaban J connectivity index is 1.83. The standard InChI is InChI=1S/C18H19FN2O3S/c1-13-7-8-15(12-17(13)19)20-18(22)14-5-4-6-16(11-14)25(23,24)21-9-2-3-10-21/h4-8,11-12H,2-3,9-10H2,1H3,(H,20,22). The molecule has 25 heavy (non-hydrogen) atoms. The van der Waals surface area contributed by atoms with E-state index in [0.29, 0.717) is 24.3 Å². The molecule has 1 heterocycles. The molecule has 0 unspecified atom stereocenters. The number of sulfonamides is 1. The van der Waals surface area contributed by atoms with Crippen LogP contribution < -0.4 is 5.32 Å². The Hall–Kier alpha value is -2.25. The van der Waals surface area contributed by atoms with Crippen molar-refractivity contribution in [2.75, 3.05) is 18.4 Å². The first kappa shape index (κ1) is 17.6. The van der Waals surface area contributed by atoms with Gasteiger partial charge in [0.05, 0.1) is 4.90 Å². The molecule has 1 aliphatic heterocycles. The maximum Gasteiger partial charge on any atom is 0.255 e. The van der Waals surface area contributed by atoms with E-state index < -0.39 is 21.7 Å². The molecule has 0 aliphatic carbocycles. The number of hydrogen-bond acceptors (Lipinski definition) is 3. The molecular weight excluding hydrogens is 343 g/mol. The van der Waals surface area contributed by atoms with Gasteiger partial charge in [-0.3, -0.25) is 4.79 Å². The van der Waals surface area contributed by atoms with E-state index in [1.165, 1.54) is 34.6 Å². The molecule has 0 radical (unpaired) electrons. The summed E-state index contributed by atoms with van der Waals surface area (Å²) in [4.78, 5) is 12.5. The molecule has 1 N–H and O–H groups in total. The molecule has 0 aromatic heterocycles. The number of anilines is 1. The molecule has 0 spiro atoms. The molecule has 1 aliphatic rings. The smallest absolute Gasteiger partial charge is 0.255 e. The van der Waals surface area contributed by atoms with Gasteiger partial charge in [0.2, 0.25) is 10.0 Å². The van der Waals surface area contributed by atoms with Gasteiger partial charge in [-0.05, 0) is 55.7 Å². The van der Waals surface area contributed by atoms with Crippen LogP contribution in [0.5, 0.6) is 0 Å². The van der Waals surface area contributed by atoms with Crippen LogP contribution in [0.25, 0.3) is 0 Å². The van der Waals surface area contributed by atoms with E-state index in [1.54, 1.807) is 19.1 Å². The molecule has 1 fully saturated rings. The number of carbonyl (C=O) groups is 1. The first-order valence-electron chi connectivity index (χ1n) is 8.05. The van der Waals surface area contributed by atoms with Gasteiger partial charge in [-0.25, -0.2) is 12.8 Å². The Labute approximate surface area is 146 Å². The Kier molecular flexibility index (Phi) is 4.87. The van der Waals surface area contributed by atoms with Crippen molar-refractivity contribution in [3.63, 3.8) is 0 Å². The lowest BCUT2D eigenvalue weighted by Crippen LogP contribution is -2.28. The summed E-state index contributed by atoms with van der Waals surface area (Å²) in [5, 5.41) is 2.59. The molecule has 1 amide bonds. The van der Waals surface area contributed by atoms with E-state index in [-0.39, 0.29) is 10.5 Å². The van der Waals surface area contributed by atoms with Gasteiger partial charge >= 0.3 is 0 Å². The quantitative estimate of drug-likeness (QED) is 0.908. The minimum Gasteiger partial charge on any atom is -0.322 e. The fraction of sp³-hybridized carbons (Fsp3) is 0.278. The minimum absolute atomic E-state index is 0.0946. The molecular formula is C18H19FN2O3S. The van der Waals surface area contributed by atoms with Crippen molar-refractivity contribution >= 4 is 21.6 Å². The Morgan fingerprint density at radius 3 is 2.52 bits per heavy atom. The highest BCUT2D eigenvalue weighted by atomic mass is 32.2. The van der Waals surface area contributed by atoms with Crippen LogP contribution >= 0.6 is 0 Å². The van der Waals surface area contributed by atoms with Crippen LogP contribution in [0, 0.1) is 12.7 Å². The molecule has 5 nitrogen and oxygen atoms in total. The fourth-order valence-corrected chi connectivity index (χ4v) is 4.31. The summed E-state index contributed by atoms with van der Waals surface area (Å²) in [6.45, 7) is 2.64. The summed E-state index contributed by atoms with van der Waals surface area (Å²) in [5.41, 5.74) is 1.01. The summed E-state index contributed by atoms with van der Waals surface area (Å²) >= 11 is 0. The lowest BCUT2D eigenvalue weighted by molar-refractivity contribution is 0.102. The van der Waals surface area contributed by atoms with Crippen molar-refractivity contribution in [1.29, 1.82) is 0 Å². The van der Waals surface area contributed by atoms with Gasteiger partial charge in [0, 0.05) is 24.3 Å². The molecule has 3 rings (SSSR count). The second-order valence-corrected chi connectivity index (χ2v) is 8.00. The zero-order valence-electron chi connectivity index (χ0n) is 13.8. The van der Waals surface area contributed by atoms with Crippen molar-refractivity contribution in [3.8, 4) is 0 Å². The van der Waals surface area contributed by atoms with Gasteiger partial charge in [-0.2, -0.15) is 4.31 Å². The third-order valence-corrected chi connectivity index (χ3v) is 6.12. The van der Waals surface area contributed by atoms with Crippen LogP contribution in [0.15, 0.2) is 47.4 Å². The summed E-state index contributed by atoms with van der Waals surface area (Å²) in [7, 11) is -3.59. The van der Waals surface area contributed by atoms with Gasteiger partial charge in [0.15, 0.2) is 0 Å². The Morgan fingerprint density at radius 1 is 1.12 bits per heavy atom. The van der Waals surface area contributed by atoms with Crippen molar-refractivity contribution in [2.45, 2.75) is 24.7 Å². The number of amides is 1. The maximum absolute atomic E-state index is 13.6. The van der Waals surface area contributed by atoms with E-state index in [1.807, 2.05) is 0 Å². The average Bonchev–Trinajstić information content (AvgIpc) is 3.14. The van der Waals surface area contributed by atoms with Crippen LogP contribution in [0.2, 0.25) is 0 Å². The summed E-state index contributed by atoms with van der Waals surface area (Å²) < 4.78 is 40.2. The SMILES string of the molecule is Cc1ccc(NC(=O)c2cccc(S(=O)(=O)N3CCCC3)c2)cc1F. The zero-order chi connectivity index (χ0) is 18.0. The molecule has 0 bridgehead atoms. The summed E-state index contributed by atoms with van der Waals surface area (Å²) in [5.74, 6) is -0.898. The van der Waals surface area contributed by atoms with E-state index in [2.05, 4.69) is 5.32 Å². The zero-order valence-corrected chi connectivity index (χ0v) is 14.6. The van der Waals surface area contributed by atoms with Crippen molar-refractivity contribution in [3.05, 3.63) is 59.4 Å². The lowest BCUT2D eigenvalue weighted by Gasteiger charge is -2.16. The Morgan fingerprint density at radius 2 is 1.84 bits per heavy atom. The summed E-state index contributed by atoms with van der Waals surface area (Å²) in [6, 6.07) is 10.3. The second-order valence-electron chi connectivity index (χ2n) is 6.06. The maximum atomic E-state index is 13.6. The number of benzene rings is 2. The average molecular weight is 362 g/mol. The number of nitrogens with one attached hydrogen (secondary N) is 1. The van der Waals surface area contributed by atoms with E-state index in [9.17, 15) is 17.6 Å². The molecule has 2 aromatic rings. The van der Waals surface area contributed by atoms with Crippen LogP contribution in [0.1, 0.15) is 28.8 Å². The largest absolute Gasteiger partial charge is 0.322 e. The number of rotatable bonds is 4. The number of carbonyl (C=O) groups excluding carboxylic acids is 1. The minimum atomic E-state index is -3.59. The molecule has 7 heteroatoms. The first-order chi connectivity index (χ1) is 11.9. The Bertz CT molecular complexity index is 906. The van der Waals surface area contributed by atoms with Crippen LogP contribution in [0.3, 0.4) is 0 Å². The van der Waals surface area contributed by atoms with Crippen molar-refractivity contribution in [2.24, 2.45) is 0 Å². The van der Waals surface area contributed by atoms with Gasteiger partial charge in [0.25, 0.3) is 5.91 Å². The summed E-state index contributed by atoms with van der Waals surface area (Å²) in [6.07, 6.45) is 1.69. The van der Waals surface area contributed by atoms with Gasteiger partial charge < -0.3 is 5.32 Å². The number of hydrogen-bond donors (Lipinski definition) is 1. The predicted molar refractivity (Wildman–Crippen MR) is 93.5 cm³/mol. The van der Waals surface area contributed by atoms with Crippen molar-refractivity contribution in [1.82, 2.24) is 4.31 Å². The highest BCUT2D eigenvalue weighted by Crippen LogP contribution is 2.22. The van der Waals surface area contributed by atoms with Gasteiger partial charge in [-0.1, -0.05) is 12.1 Å². The normalized spacial score (nSPS) is 15.3. The molecule has 0 saturated carbocycles. The highest BCUT2D eigenvalue weighted by molar-refractivity contribution is 7.89. The molecule has 1 saturated heterocycles. The molecule has 2 aromatic carbocycles. The van der Waals surface area contributed by atoms with Crippen LogP contribution in [-0.2, 0) is 10.0 Å². The number of halogens is 1. The van der Waals surface area contributed by atoms with Gasteiger partial charge in [0.1, 0.15) is 5.82 Å². The van der Waals surface area contributed by atoms with Gasteiger partial charge in [-0.15, -0.1) is 0 Å². The van der Waals surface area contributed by atoms with E-state index in [4.69, 9.17) is 0 Å². The topological polar surface area (TPSA) is 66.5 Å². The molecule has 132 valence electrons. The third-order valence-electron chi connectivity index (χ3n) is 4.23. The monoisotopic (exact) mass is 362 g/mol. The molecule has 0 atom stereocenters. The lowest BCUT2D eigenvalue weighted by atomic mass is 10.2. The fourth-order valence-electron chi connectivity index (χ4n) is 2.75. The second kappa shape index (κ2) is 6.93. The highest BCUT2D eigenvalue weighted by Gasteiger charge is 2.27. The third kappa shape index (κ3) is 3.72. The van der Waals surface area contributed by atoms with Crippen LogP contribution in [0.4, 0.5) is 10.1 Å². The van der Waals surface area contributed by atoms with Crippen LogP contribution in [-0.4, -0.2) is 31.7 Å². The van der Waals surface area contributed by atoms with Crippen molar-refractivity contribution < 1.29 is 17.6 Å². The number of nitrogens with zero attached hydrogens (tertiary/aromatic N) is 1. The first-order valence-corrected chi connectivity index (χ1v) is 9.50. The number of aryl methyl sites for hydroxylation is 1. The van der Waals surface area contributed by atoms with E-state index >= 15 is 0 Å². The predicted octanol–water partition coefficient (Wildman–Crippen LogP) is 3.17.